The maximum Gasteiger partial charge on any atom is 0.0725 e. The molecule has 0 bridgehead atoms. The quantitative estimate of drug-likeness (QED) is 0.167. The zero-order chi connectivity index (χ0) is 43.3. The molecule has 65 heavy (non-hydrogen) atoms. The fraction of sp³-hybridized carbons (Fsp3) is 0.0625. The molecule has 3 aliphatic carbocycles. The van der Waals surface area contributed by atoms with E-state index in [9.17, 15) is 0 Å². The maximum atomic E-state index is 2.50. The largest absolute Gasteiger partial charge is 0.310 e. The lowest BCUT2D eigenvalue weighted by Gasteiger charge is -2.35. The first-order chi connectivity index (χ1) is 32.0. The SMILES string of the molecule is CC1(C)c2ccccc2-c2cccc(N(c3ccc(-c4ccccc4)cc3)c3ccc(-c4ccc5c(c4)C4(c6ccccc6-c6ccccc6-c6ccccc64)c4ccccc4-5)cc3)c21. The average Bonchev–Trinajstić information content (AvgIpc) is 3.75. The Balaban J connectivity index is 0.980. The second-order valence-electron chi connectivity index (χ2n) is 18.4. The molecule has 3 aliphatic rings. The normalized spacial score (nSPS) is 13.9. The number of rotatable bonds is 5. The van der Waals surface area contributed by atoms with E-state index in [1.807, 2.05) is 0 Å². The molecule has 0 radical (unpaired) electrons. The van der Waals surface area contributed by atoms with Gasteiger partial charge in [-0.05, 0) is 137 Å². The van der Waals surface area contributed by atoms with Crippen molar-refractivity contribution in [2.75, 3.05) is 4.90 Å². The van der Waals surface area contributed by atoms with E-state index >= 15 is 0 Å². The van der Waals surface area contributed by atoms with Crippen molar-refractivity contribution in [3.05, 3.63) is 270 Å². The molecule has 1 spiro atoms. The highest BCUT2D eigenvalue weighted by atomic mass is 15.1. The highest BCUT2D eigenvalue weighted by Gasteiger charge is 2.49. The van der Waals surface area contributed by atoms with Gasteiger partial charge in [0.1, 0.15) is 0 Å². The van der Waals surface area contributed by atoms with E-state index in [1.54, 1.807) is 0 Å². The van der Waals surface area contributed by atoms with Crippen LogP contribution in [-0.2, 0) is 10.8 Å². The van der Waals surface area contributed by atoms with Crippen LogP contribution in [0.4, 0.5) is 17.1 Å². The Morgan fingerprint density at radius 2 is 0.662 bits per heavy atom. The minimum absolute atomic E-state index is 0.181. The Bertz CT molecular complexity index is 3430. The number of fused-ring (bicyclic) bond motifs is 15. The fourth-order valence-electron chi connectivity index (χ4n) is 11.9. The van der Waals surface area contributed by atoms with Gasteiger partial charge in [-0.25, -0.2) is 0 Å². The lowest BCUT2D eigenvalue weighted by Crippen LogP contribution is -2.29. The summed E-state index contributed by atoms with van der Waals surface area (Å²) in [6.45, 7) is 4.76. The monoisotopic (exact) mass is 827 g/mol. The molecule has 0 fully saturated rings. The van der Waals surface area contributed by atoms with E-state index < -0.39 is 5.41 Å². The van der Waals surface area contributed by atoms with E-state index in [1.165, 1.54) is 106 Å². The first-order valence-corrected chi connectivity index (χ1v) is 22.8. The van der Waals surface area contributed by atoms with Crippen LogP contribution in [0.5, 0.6) is 0 Å². The number of benzene rings is 10. The molecule has 0 aliphatic heterocycles. The third-order valence-electron chi connectivity index (χ3n) is 14.7. The predicted molar refractivity (Wildman–Crippen MR) is 271 cm³/mol. The van der Waals surface area contributed by atoms with Crippen LogP contribution in [0.1, 0.15) is 47.2 Å². The summed E-state index contributed by atoms with van der Waals surface area (Å²) < 4.78 is 0. The Morgan fingerprint density at radius 3 is 1.22 bits per heavy atom. The van der Waals surface area contributed by atoms with Crippen molar-refractivity contribution in [3.63, 3.8) is 0 Å². The molecular formula is C64H45N. The number of nitrogens with zero attached hydrogens (tertiary/aromatic N) is 1. The molecule has 0 unspecified atom stereocenters. The summed E-state index contributed by atoms with van der Waals surface area (Å²) in [4.78, 5) is 2.47. The van der Waals surface area contributed by atoms with Gasteiger partial charge in [0.25, 0.3) is 0 Å². The van der Waals surface area contributed by atoms with Crippen LogP contribution in [-0.4, -0.2) is 0 Å². The van der Waals surface area contributed by atoms with Crippen molar-refractivity contribution < 1.29 is 0 Å². The first-order valence-electron chi connectivity index (χ1n) is 22.8. The van der Waals surface area contributed by atoms with E-state index in [4.69, 9.17) is 0 Å². The molecule has 1 nitrogen and oxygen atoms in total. The van der Waals surface area contributed by atoms with Crippen LogP contribution in [0.15, 0.2) is 237 Å². The average molecular weight is 828 g/mol. The van der Waals surface area contributed by atoms with E-state index in [0.717, 1.165) is 11.4 Å². The molecule has 10 aromatic carbocycles. The number of hydrogen-bond acceptors (Lipinski definition) is 1. The lowest BCUT2D eigenvalue weighted by molar-refractivity contribution is 0.661. The van der Waals surface area contributed by atoms with Crippen molar-refractivity contribution >= 4 is 17.1 Å². The number of anilines is 3. The molecule has 0 aromatic heterocycles. The summed E-state index contributed by atoms with van der Waals surface area (Å²) in [5.74, 6) is 0. The van der Waals surface area contributed by atoms with Gasteiger partial charge in [0.05, 0.1) is 11.1 Å². The second-order valence-corrected chi connectivity index (χ2v) is 18.4. The Hall–Kier alpha value is -8.00. The number of hydrogen-bond donors (Lipinski definition) is 0. The topological polar surface area (TPSA) is 3.24 Å². The first kappa shape index (κ1) is 37.5. The summed E-state index contributed by atoms with van der Waals surface area (Å²) in [5, 5.41) is 0. The van der Waals surface area contributed by atoms with Crippen molar-refractivity contribution in [3.8, 4) is 66.8 Å². The summed E-state index contributed by atoms with van der Waals surface area (Å²) in [6, 6.07) is 88.3. The van der Waals surface area contributed by atoms with Gasteiger partial charge < -0.3 is 4.90 Å². The van der Waals surface area contributed by atoms with Crippen LogP contribution in [0.25, 0.3) is 66.8 Å². The molecule has 306 valence electrons. The van der Waals surface area contributed by atoms with Crippen LogP contribution in [0, 0.1) is 0 Å². The Labute approximate surface area is 381 Å². The predicted octanol–water partition coefficient (Wildman–Crippen LogP) is 16.8. The van der Waals surface area contributed by atoms with E-state index in [2.05, 4.69) is 255 Å². The minimum Gasteiger partial charge on any atom is -0.310 e. The lowest BCUT2D eigenvalue weighted by atomic mass is 9.65. The van der Waals surface area contributed by atoms with Crippen molar-refractivity contribution in [1.82, 2.24) is 0 Å². The van der Waals surface area contributed by atoms with Crippen molar-refractivity contribution in [2.24, 2.45) is 0 Å². The molecular weight excluding hydrogens is 783 g/mol. The molecule has 0 N–H and O–H groups in total. The Kier molecular flexibility index (Phi) is 8.24. The summed E-state index contributed by atoms with van der Waals surface area (Å²) >= 11 is 0. The van der Waals surface area contributed by atoms with Gasteiger partial charge in [0.15, 0.2) is 0 Å². The third-order valence-corrected chi connectivity index (χ3v) is 14.7. The molecule has 0 amide bonds. The van der Waals surface area contributed by atoms with Gasteiger partial charge >= 0.3 is 0 Å². The van der Waals surface area contributed by atoms with Crippen molar-refractivity contribution in [1.29, 1.82) is 0 Å². The van der Waals surface area contributed by atoms with Gasteiger partial charge in [0, 0.05) is 16.8 Å². The van der Waals surface area contributed by atoms with Gasteiger partial charge in [0.2, 0.25) is 0 Å². The molecule has 0 saturated carbocycles. The van der Waals surface area contributed by atoms with Gasteiger partial charge in [-0.15, -0.1) is 0 Å². The second kappa shape index (κ2) is 14.3. The van der Waals surface area contributed by atoms with E-state index in [0.29, 0.717) is 0 Å². The fourth-order valence-corrected chi connectivity index (χ4v) is 11.9. The van der Waals surface area contributed by atoms with Crippen molar-refractivity contribution in [2.45, 2.75) is 24.7 Å². The van der Waals surface area contributed by atoms with Crippen LogP contribution < -0.4 is 4.90 Å². The van der Waals surface area contributed by atoms with Gasteiger partial charge in [-0.3, -0.25) is 0 Å². The van der Waals surface area contributed by atoms with E-state index in [-0.39, 0.29) is 5.41 Å². The highest BCUT2D eigenvalue weighted by molar-refractivity contribution is 5.98. The molecule has 1 heteroatoms. The van der Waals surface area contributed by atoms with Crippen LogP contribution in [0.3, 0.4) is 0 Å². The van der Waals surface area contributed by atoms with Crippen LogP contribution in [0.2, 0.25) is 0 Å². The zero-order valence-corrected chi connectivity index (χ0v) is 36.5. The summed E-state index contributed by atoms with van der Waals surface area (Å²) in [7, 11) is 0. The molecule has 10 aromatic rings. The summed E-state index contributed by atoms with van der Waals surface area (Å²) in [6.07, 6.45) is 0. The molecule has 0 heterocycles. The van der Waals surface area contributed by atoms with Gasteiger partial charge in [-0.1, -0.05) is 214 Å². The smallest absolute Gasteiger partial charge is 0.0725 e. The van der Waals surface area contributed by atoms with Crippen LogP contribution >= 0.6 is 0 Å². The summed E-state index contributed by atoms with van der Waals surface area (Å²) in [5.41, 5.74) is 26.0. The molecule has 13 rings (SSSR count). The molecule has 0 atom stereocenters. The highest BCUT2D eigenvalue weighted by Crippen LogP contribution is 2.62. The van der Waals surface area contributed by atoms with Gasteiger partial charge in [-0.2, -0.15) is 0 Å². The standard InChI is InChI=1S/C64H45N/c1-63(2)56-26-12-8-24-53(56)55-25-16-30-61(62(55)63)65(46-36-31-43(32-37-46)42-17-4-3-5-18-42)47-38-33-44(34-39-47)45-35-40-54-52-23-11-15-29-59(52)64(60(54)41-45)57-27-13-9-21-50(57)48-19-6-7-20-49(48)51-22-10-14-28-58(51)64/h3-41H,1-2H3. The molecule has 0 saturated heterocycles. The Morgan fingerprint density at radius 1 is 0.277 bits per heavy atom. The maximum absolute atomic E-state index is 2.50. The third kappa shape index (κ3) is 5.39. The minimum atomic E-state index is -0.519. The zero-order valence-electron chi connectivity index (χ0n) is 36.5.